The van der Waals surface area contributed by atoms with Crippen molar-refractivity contribution < 1.29 is 4.79 Å². The average Bonchev–Trinajstić information content (AvgIpc) is 2.45. The third-order valence-corrected chi connectivity index (χ3v) is 4.51. The molecule has 0 unspecified atom stereocenters. The van der Waals surface area contributed by atoms with E-state index < -0.39 is 0 Å². The zero-order valence-electron chi connectivity index (χ0n) is 13.1. The highest BCUT2D eigenvalue weighted by Gasteiger charge is 2.05. The Morgan fingerprint density at radius 1 is 1.33 bits per heavy atom. The second-order valence-corrected chi connectivity index (χ2v) is 6.40. The lowest BCUT2D eigenvalue weighted by Gasteiger charge is -2.12. The molecule has 0 aliphatic heterocycles. The number of rotatable bonds is 9. The first-order valence-electron chi connectivity index (χ1n) is 7.24. The van der Waals surface area contributed by atoms with Crippen LogP contribution in [0.4, 0.5) is 0 Å². The highest BCUT2D eigenvalue weighted by Crippen LogP contribution is 2.23. The first-order chi connectivity index (χ1) is 9.93. The average molecular weight is 303 g/mol. The molecule has 0 spiro atoms. The first kappa shape index (κ1) is 17.6. The lowest BCUT2D eigenvalue weighted by Crippen LogP contribution is -2.11. The summed E-state index contributed by atoms with van der Waals surface area (Å²) in [5.41, 5.74) is 11.3. The molecule has 1 aromatic rings. The van der Waals surface area contributed by atoms with Crippen molar-refractivity contribution in [2.75, 3.05) is 11.5 Å². The molecular formula is C18H25NOS. The van der Waals surface area contributed by atoms with Crippen molar-refractivity contribution in [1.82, 2.24) is 0 Å². The summed E-state index contributed by atoms with van der Waals surface area (Å²) in [5.74, 6) is 1.33. The van der Waals surface area contributed by atoms with E-state index in [1.54, 1.807) is 11.8 Å². The van der Waals surface area contributed by atoms with Crippen LogP contribution in [0.1, 0.15) is 36.5 Å². The molecule has 0 heterocycles. The van der Waals surface area contributed by atoms with E-state index in [0.717, 1.165) is 29.9 Å². The first-order valence-corrected chi connectivity index (χ1v) is 8.39. The van der Waals surface area contributed by atoms with E-state index in [4.69, 9.17) is 5.73 Å². The molecule has 0 saturated carbocycles. The van der Waals surface area contributed by atoms with Crippen LogP contribution in [0.3, 0.4) is 0 Å². The van der Waals surface area contributed by atoms with Gasteiger partial charge in [-0.25, -0.2) is 0 Å². The quantitative estimate of drug-likeness (QED) is 0.550. The van der Waals surface area contributed by atoms with Gasteiger partial charge in [0.15, 0.2) is 0 Å². The molecule has 3 heteroatoms. The third kappa shape index (κ3) is 6.21. The van der Waals surface area contributed by atoms with E-state index >= 15 is 0 Å². The zero-order valence-corrected chi connectivity index (χ0v) is 13.9. The standard InChI is InChI=1S/C18H25NOS/c1-5-13(2)10-17-11-16(7-6-14(17)3)15(4)12-21-9-8-18(19)20/h6-7,11H,2,4-5,8-10,12H2,1,3H3,(H2,19,20). The molecule has 0 bridgehead atoms. The maximum atomic E-state index is 10.7. The summed E-state index contributed by atoms with van der Waals surface area (Å²) in [6.07, 6.45) is 2.36. The Hall–Kier alpha value is -1.48. The van der Waals surface area contributed by atoms with Crippen LogP contribution in [0.25, 0.3) is 5.57 Å². The lowest BCUT2D eigenvalue weighted by molar-refractivity contribution is -0.117. The summed E-state index contributed by atoms with van der Waals surface area (Å²) in [6, 6.07) is 6.48. The van der Waals surface area contributed by atoms with Crippen LogP contribution in [0.2, 0.25) is 0 Å². The molecule has 1 amide bonds. The van der Waals surface area contributed by atoms with Gasteiger partial charge in [-0.15, -0.1) is 0 Å². The molecule has 1 aromatic carbocycles. The highest BCUT2D eigenvalue weighted by atomic mass is 32.2. The Kier molecular flexibility index (Phi) is 7.30. The van der Waals surface area contributed by atoms with Crippen molar-refractivity contribution in [3.05, 3.63) is 53.6 Å². The molecule has 1 rings (SSSR count). The Balaban J connectivity index is 2.65. The van der Waals surface area contributed by atoms with E-state index in [2.05, 4.69) is 45.2 Å². The van der Waals surface area contributed by atoms with Gasteiger partial charge in [-0.3, -0.25) is 4.79 Å². The summed E-state index contributed by atoms with van der Waals surface area (Å²) in [7, 11) is 0. The lowest BCUT2D eigenvalue weighted by atomic mass is 9.96. The van der Waals surface area contributed by atoms with Gasteiger partial charge >= 0.3 is 0 Å². The number of carbonyl (C=O) groups is 1. The number of nitrogens with two attached hydrogens (primary N) is 1. The van der Waals surface area contributed by atoms with Gasteiger partial charge in [0, 0.05) is 17.9 Å². The number of primary amides is 1. The Morgan fingerprint density at radius 3 is 2.67 bits per heavy atom. The highest BCUT2D eigenvalue weighted by molar-refractivity contribution is 7.99. The fourth-order valence-electron chi connectivity index (χ4n) is 1.93. The smallest absolute Gasteiger partial charge is 0.218 e. The van der Waals surface area contributed by atoms with E-state index in [9.17, 15) is 4.79 Å². The number of amides is 1. The van der Waals surface area contributed by atoms with Crippen molar-refractivity contribution in [3.63, 3.8) is 0 Å². The monoisotopic (exact) mass is 303 g/mol. The number of thioether (sulfide) groups is 1. The minimum absolute atomic E-state index is 0.246. The summed E-state index contributed by atoms with van der Waals surface area (Å²) >= 11 is 1.70. The van der Waals surface area contributed by atoms with Gasteiger partial charge in [-0.05, 0) is 42.0 Å². The van der Waals surface area contributed by atoms with Crippen LogP contribution in [0.5, 0.6) is 0 Å². The second kappa shape index (κ2) is 8.73. The second-order valence-electron chi connectivity index (χ2n) is 5.29. The minimum atomic E-state index is -0.246. The summed E-state index contributed by atoms with van der Waals surface area (Å²) < 4.78 is 0. The van der Waals surface area contributed by atoms with Crippen molar-refractivity contribution >= 4 is 23.2 Å². The summed E-state index contributed by atoms with van der Waals surface area (Å²) in [6.45, 7) is 12.5. The van der Waals surface area contributed by atoms with Gasteiger partial charge < -0.3 is 5.73 Å². The summed E-state index contributed by atoms with van der Waals surface area (Å²) in [4.78, 5) is 10.7. The molecule has 0 radical (unpaired) electrons. The molecule has 21 heavy (non-hydrogen) atoms. The number of benzene rings is 1. The maximum Gasteiger partial charge on any atom is 0.218 e. The molecule has 0 atom stereocenters. The van der Waals surface area contributed by atoms with E-state index in [0.29, 0.717) is 6.42 Å². The molecule has 2 nitrogen and oxygen atoms in total. The Bertz CT molecular complexity index is 534. The van der Waals surface area contributed by atoms with Crippen LogP contribution >= 0.6 is 11.8 Å². The van der Waals surface area contributed by atoms with Crippen LogP contribution < -0.4 is 5.73 Å². The van der Waals surface area contributed by atoms with Crippen LogP contribution in [0, 0.1) is 6.92 Å². The van der Waals surface area contributed by atoms with Crippen LogP contribution in [0.15, 0.2) is 36.9 Å². The van der Waals surface area contributed by atoms with E-state index in [1.165, 1.54) is 22.3 Å². The number of carbonyl (C=O) groups excluding carboxylic acids is 1. The molecule has 0 saturated heterocycles. The number of hydrogen-bond donors (Lipinski definition) is 1. The fourth-order valence-corrected chi connectivity index (χ4v) is 2.83. The zero-order chi connectivity index (χ0) is 15.8. The topological polar surface area (TPSA) is 43.1 Å². The fraction of sp³-hybridized carbons (Fsp3) is 0.389. The van der Waals surface area contributed by atoms with Crippen molar-refractivity contribution in [2.24, 2.45) is 5.73 Å². The Morgan fingerprint density at radius 2 is 2.05 bits per heavy atom. The number of allylic oxidation sites excluding steroid dienone is 1. The van der Waals surface area contributed by atoms with Gasteiger partial charge in [-0.2, -0.15) is 11.8 Å². The molecule has 0 aliphatic carbocycles. The van der Waals surface area contributed by atoms with Crippen molar-refractivity contribution in [3.8, 4) is 0 Å². The predicted molar refractivity (Wildman–Crippen MR) is 94.5 cm³/mol. The predicted octanol–water partition coefficient (Wildman–Crippen LogP) is 4.13. The van der Waals surface area contributed by atoms with Gasteiger partial charge in [-0.1, -0.05) is 43.9 Å². The molecule has 114 valence electrons. The van der Waals surface area contributed by atoms with Gasteiger partial charge in [0.2, 0.25) is 5.91 Å². The maximum absolute atomic E-state index is 10.7. The number of hydrogen-bond acceptors (Lipinski definition) is 2. The number of aryl methyl sites for hydroxylation is 1. The van der Waals surface area contributed by atoms with Gasteiger partial charge in [0.05, 0.1) is 0 Å². The van der Waals surface area contributed by atoms with Gasteiger partial charge in [0.1, 0.15) is 0 Å². The molecule has 0 aromatic heterocycles. The third-order valence-electron chi connectivity index (χ3n) is 3.47. The SMILES string of the molecule is C=C(CC)Cc1cc(C(=C)CSCCC(N)=O)ccc1C. The van der Waals surface area contributed by atoms with Gasteiger partial charge in [0.25, 0.3) is 0 Å². The van der Waals surface area contributed by atoms with Crippen molar-refractivity contribution in [1.29, 1.82) is 0 Å². The molecule has 2 N–H and O–H groups in total. The minimum Gasteiger partial charge on any atom is -0.370 e. The largest absolute Gasteiger partial charge is 0.370 e. The molecule has 0 fully saturated rings. The summed E-state index contributed by atoms with van der Waals surface area (Å²) in [5, 5.41) is 0. The Labute approximate surface area is 132 Å². The molecular weight excluding hydrogens is 278 g/mol. The van der Waals surface area contributed by atoms with E-state index in [1.807, 2.05) is 0 Å². The van der Waals surface area contributed by atoms with Crippen LogP contribution in [-0.4, -0.2) is 17.4 Å². The van der Waals surface area contributed by atoms with E-state index in [-0.39, 0.29) is 5.91 Å². The van der Waals surface area contributed by atoms with Crippen molar-refractivity contribution in [2.45, 2.75) is 33.1 Å². The normalized spacial score (nSPS) is 10.4. The van der Waals surface area contributed by atoms with Crippen LogP contribution in [-0.2, 0) is 11.2 Å². The molecule has 0 aliphatic rings.